The Balaban J connectivity index is 2.41. The summed E-state index contributed by atoms with van der Waals surface area (Å²) >= 11 is 8.42. The van der Waals surface area contributed by atoms with Gasteiger partial charge in [0.05, 0.1) is 14.3 Å². The molecule has 0 aliphatic carbocycles. The highest BCUT2D eigenvalue weighted by Crippen LogP contribution is 2.35. The fourth-order valence-electron chi connectivity index (χ4n) is 1.90. The summed E-state index contributed by atoms with van der Waals surface area (Å²) in [5.41, 5.74) is 2.15. The summed E-state index contributed by atoms with van der Waals surface area (Å²) in [5, 5.41) is 3.41. The molecule has 102 valence electrons. The lowest BCUT2D eigenvalue weighted by atomic mass is 10.0. The molecule has 1 nitrogen and oxygen atoms in total. The number of hydrogen-bond donors (Lipinski definition) is 1. The van der Waals surface area contributed by atoms with Gasteiger partial charge in [0.25, 0.3) is 0 Å². The Morgan fingerprint density at radius 3 is 2.58 bits per heavy atom. The molecule has 19 heavy (non-hydrogen) atoms. The normalized spacial score (nSPS) is 12.7. The molecule has 1 unspecified atom stereocenters. The molecule has 0 aliphatic heterocycles. The molecule has 0 fully saturated rings. The maximum Gasteiger partial charge on any atom is 0.137 e. The minimum absolute atomic E-state index is 0.0302. The minimum Gasteiger partial charge on any atom is -0.306 e. The molecule has 1 heterocycles. The van der Waals surface area contributed by atoms with Gasteiger partial charge < -0.3 is 5.32 Å². The second-order valence-electron chi connectivity index (χ2n) is 4.27. The van der Waals surface area contributed by atoms with Gasteiger partial charge in [-0.15, -0.1) is 11.3 Å². The molecule has 0 saturated heterocycles. The maximum absolute atomic E-state index is 13.7. The lowest BCUT2D eigenvalue weighted by molar-refractivity contribution is 0.602. The molecule has 1 aromatic heterocycles. The van der Waals surface area contributed by atoms with Gasteiger partial charge in [-0.2, -0.15) is 0 Å². The van der Waals surface area contributed by atoms with Crippen molar-refractivity contribution in [3.63, 3.8) is 0 Å². The molecule has 5 heteroatoms. The summed E-state index contributed by atoms with van der Waals surface area (Å²) in [6, 6.07) is 7.46. The molecular formula is C14H14Br2FNS. The number of benzene rings is 1. The zero-order valence-electron chi connectivity index (χ0n) is 10.6. The van der Waals surface area contributed by atoms with E-state index in [1.807, 2.05) is 6.07 Å². The van der Waals surface area contributed by atoms with E-state index in [2.05, 4.69) is 57.1 Å². The van der Waals surface area contributed by atoms with Crippen LogP contribution in [-0.4, -0.2) is 6.54 Å². The van der Waals surface area contributed by atoms with E-state index in [1.165, 1.54) is 10.4 Å². The van der Waals surface area contributed by atoms with Gasteiger partial charge >= 0.3 is 0 Å². The van der Waals surface area contributed by atoms with Crippen molar-refractivity contribution in [1.82, 2.24) is 5.32 Å². The van der Waals surface area contributed by atoms with Crippen molar-refractivity contribution in [2.24, 2.45) is 0 Å². The second-order valence-corrected chi connectivity index (χ2v) is 7.53. The Hall–Kier alpha value is -0.230. The topological polar surface area (TPSA) is 12.0 Å². The molecule has 2 rings (SSSR count). The van der Waals surface area contributed by atoms with Crippen molar-refractivity contribution < 1.29 is 4.39 Å². The van der Waals surface area contributed by atoms with E-state index in [4.69, 9.17) is 0 Å². The van der Waals surface area contributed by atoms with Crippen LogP contribution in [0.1, 0.15) is 29.0 Å². The molecule has 1 aromatic carbocycles. The molecular weight excluding hydrogens is 393 g/mol. The second kappa shape index (κ2) is 6.48. The molecule has 0 aliphatic rings. The van der Waals surface area contributed by atoms with Crippen LogP contribution in [0.2, 0.25) is 0 Å². The Morgan fingerprint density at radius 2 is 2.05 bits per heavy atom. The monoisotopic (exact) mass is 405 g/mol. The molecule has 0 saturated carbocycles. The fourth-order valence-corrected chi connectivity index (χ4v) is 3.83. The van der Waals surface area contributed by atoms with E-state index < -0.39 is 0 Å². The first-order chi connectivity index (χ1) is 9.02. The summed E-state index contributed by atoms with van der Waals surface area (Å²) < 4.78 is 15.3. The van der Waals surface area contributed by atoms with Gasteiger partial charge in [0.1, 0.15) is 5.82 Å². The van der Waals surface area contributed by atoms with Crippen LogP contribution in [0.5, 0.6) is 0 Å². The largest absolute Gasteiger partial charge is 0.306 e. The van der Waals surface area contributed by atoms with Crippen LogP contribution >= 0.6 is 43.2 Å². The van der Waals surface area contributed by atoms with Crippen molar-refractivity contribution in [3.05, 3.63) is 54.3 Å². The lowest BCUT2D eigenvalue weighted by Gasteiger charge is -2.17. The molecule has 1 N–H and O–H groups in total. The smallest absolute Gasteiger partial charge is 0.137 e. The zero-order chi connectivity index (χ0) is 14.0. The first-order valence-electron chi connectivity index (χ1n) is 5.97. The SMILES string of the molecule is CCNC(c1ccc(Br)c(F)c1)c1cc(C)c(Br)s1. The maximum atomic E-state index is 13.7. The van der Waals surface area contributed by atoms with Gasteiger partial charge in [-0.1, -0.05) is 13.0 Å². The van der Waals surface area contributed by atoms with Crippen molar-refractivity contribution in [2.45, 2.75) is 19.9 Å². The van der Waals surface area contributed by atoms with E-state index in [1.54, 1.807) is 23.5 Å². The lowest BCUT2D eigenvalue weighted by Crippen LogP contribution is -2.21. The van der Waals surface area contributed by atoms with E-state index in [0.717, 1.165) is 15.9 Å². The van der Waals surface area contributed by atoms with Crippen molar-refractivity contribution >= 4 is 43.2 Å². The Morgan fingerprint density at radius 1 is 1.32 bits per heavy atom. The predicted molar refractivity (Wildman–Crippen MR) is 86.4 cm³/mol. The summed E-state index contributed by atoms with van der Waals surface area (Å²) in [6.07, 6.45) is 0. The average Bonchev–Trinajstić information content (AvgIpc) is 2.70. The standard InChI is InChI=1S/C14H14Br2FNS/c1-3-18-13(12-6-8(2)14(16)19-12)9-4-5-10(15)11(17)7-9/h4-7,13,18H,3H2,1-2H3. The predicted octanol–water partition coefficient (Wildman–Crippen LogP) is 5.42. The Kier molecular flexibility index (Phi) is 5.17. The number of halogens is 3. The van der Waals surface area contributed by atoms with Crippen molar-refractivity contribution in [2.75, 3.05) is 6.54 Å². The van der Waals surface area contributed by atoms with Crippen molar-refractivity contribution in [1.29, 1.82) is 0 Å². The third-order valence-electron chi connectivity index (χ3n) is 2.85. The van der Waals surface area contributed by atoms with Gasteiger partial charge in [-0.3, -0.25) is 0 Å². The van der Waals surface area contributed by atoms with Crippen LogP contribution in [-0.2, 0) is 0 Å². The van der Waals surface area contributed by atoms with Crippen LogP contribution < -0.4 is 5.32 Å². The third kappa shape index (κ3) is 3.45. The quantitative estimate of drug-likeness (QED) is 0.714. The van der Waals surface area contributed by atoms with Gasteiger partial charge in [-0.25, -0.2) is 4.39 Å². The van der Waals surface area contributed by atoms with Crippen LogP contribution in [0.4, 0.5) is 4.39 Å². The van der Waals surface area contributed by atoms with E-state index in [-0.39, 0.29) is 11.9 Å². The Bertz CT molecular complexity index is 563. The number of rotatable bonds is 4. The fraction of sp³-hybridized carbons (Fsp3) is 0.286. The number of aryl methyl sites for hydroxylation is 1. The van der Waals surface area contributed by atoms with Gasteiger partial charge in [-0.05, 0) is 74.7 Å². The van der Waals surface area contributed by atoms with Gasteiger partial charge in [0.15, 0.2) is 0 Å². The van der Waals surface area contributed by atoms with E-state index in [0.29, 0.717) is 4.47 Å². The molecule has 0 amide bonds. The van der Waals surface area contributed by atoms with Crippen molar-refractivity contribution in [3.8, 4) is 0 Å². The number of thiophene rings is 1. The first kappa shape index (κ1) is 15.2. The molecule has 0 bridgehead atoms. The highest BCUT2D eigenvalue weighted by molar-refractivity contribution is 9.11. The summed E-state index contributed by atoms with van der Waals surface area (Å²) in [6.45, 7) is 4.95. The van der Waals surface area contributed by atoms with Crippen LogP contribution in [0.25, 0.3) is 0 Å². The third-order valence-corrected chi connectivity index (χ3v) is 5.69. The van der Waals surface area contributed by atoms with Crippen LogP contribution in [0.3, 0.4) is 0 Å². The first-order valence-corrected chi connectivity index (χ1v) is 8.37. The molecule has 0 spiro atoms. The highest BCUT2D eigenvalue weighted by Gasteiger charge is 2.17. The Labute approximate surface area is 133 Å². The van der Waals surface area contributed by atoms with Crippen LogP contribution in [0, 0.1) is 12.7 Å². The average molecular weight is 407 g/mol. The van der Waals surface area contributed by atoms with Gasteiger partial charge in [0, 0.05) is 4.88 Å². The van der Waals surface area contributed by atoms with Gasteiger partial charge in [0.2, 0.25) is 0 Å². The summed E-state index contributed by atoms with van der Waals surface area (Å²) in [4.78, 5) is 1.19. The van der Waals surface area contributed by atoms with Crippen LogP contribution in [0.15, 0.2) is 32.5 Å². The van der Waals surface area contributed by atoms with E-state index in [9.17, 15) is 4.39 Å². The molecule has 2 aromatic rings. The minimum atomic E-state index is -0.229. The highest BCUT2D eigenvalue weighted by atomic mass is 79.9. The number of hydrogen-bond acceptors (Lipinski definition) is 2. The zero-order valence-corrected chi connectivity index (χ0v) is 14.6. The molecule has 1 atom stereocenters. The van der Waals surface area contributed by atoms with E-state index >= 15 is 0 Å². The number of nitrogens with one attached hydrogen (secondary N) is 1. The molecule has 0 radical (unpaired) electrons. The summed E-state index contributed by atoms with van der Waals surface area (Å²) in [5.74, 6) is -0.229. The summed E-state index contributed by atoms with van der Waals surface area (Å²) in [7, 11) is 0.